The smallest absolute Gasteiger partial charge is 0.338 e. The highest BCUT2D eigenvalue weighted by Gasteiger charge is 2.51. The Balaban J connectivity index is 1.58. The first-order chi connectivity index (χ1) is 27.4. The fourth-order valence-corrected chi connectivity index (χ4v) is 13.6. The second-order valence-electron chi connectivity index (χ2n) is 20.3. The molecule has 1 aliphatic rings. The van der Waals surface area contributed by atoms with E-state index in [0.717, 1.165) is 34.8 Å². The fraction of sp³-hybridized carbons (Fsp3) is 0.531. The molecule has 1 heterocycles. The maximum atomic E-state index is 13.3. The lowest BCUT2D eigenvalue weighted by atomic mass is 9.94. The number of methoxy groups -OCH3 is 1. The van der Waals surface area contributed by atoms with Crippen molar-refractivity contribution in [2.45, 2.75) is 148 Å². The summed E-state index contributed by atoms with van der Waals surface area (Å²) in [4.78, 5) is 26.0. The first kappa shape index (κ1) is 48.6. The number of ether oxygens (including phenoxy) is 4. The molecule has 3 aromatic carbocycles. The summed E-state index contributed by atoms with van der Waals surface area (Å²) < 4.78 is 31.7. The number of esters is 1. The zero-order valence-electron chi connectivity index (χ0n) is 38.6. The first-order valence-corrected chi connectivity index (χ1v) is 30.0. The summed E-state index contributed by atoms with van der Waals surface area (Å²) in [6.45, 7) is 29.2. The summed E-state index contributed by atoms with van der Waals surface area (Å²) in [5.41, 5.74) is 1.24. The van der Waals surface area contributed by atoms with Crippen molar-refractivity contribution >= 4 is 47.1 Å². The average Bonchev–Trinajstić information content (AvgIpc) is 3.46. The van der Waals surface area contributed by atoms with Crippen molar-refractivity contribution in [1.82, 2.24) is 0 Å². The van der Waals surface area contributed by atoms with Gasteiger partial charge in [-0.2, -0.15) is 0 Å². The molecule has 1 fully saturated rings. The van der Waals surface area contributed by atoms with Gasteiger partial charge in [-0.25, -0.2) is 4.79 Å². The SMILES string of the molecule is COc1ccc(C(=O)OCC[Si](C)(C)C)c(/C=C/C[C@@H]2OC(C)(C)O[C@@H]2C(/C=C\C[C@H](C)CC(C)(C)[Si](O)(c2ccccc2)c2ccccc2)O[Si](C)(C)C(C)(C)C)c1. The molecule has 0 bridgehead atoms. The number of carbonyl (C=O) groups is 1. The molecule has 4 rings (SSSR count). The van der Waals surface area contributed by atoms with E-state index in [1.165, 1.54) is 0 Å². The van der Waals surface area contributed by atoms with Gasteiger partial charge in [0.25, 0.3) is 8.32 Å². The number of hydrogen-bond donors (Lipinski definition) is 1. The summed E-state index contributed by atoms with van der Waals surface area (Å²) >= 11 is 0. The van der Waals surface area contributed by atoms with Crippen LogP contribution in [0.1, 0.15) is 90.6 Å². The molecule has 1 aliphatic heterocycles. The van der Waals surface area contributed by atoms with E-state index in [1.54, 1.807) is 19.2 Å². The van der Waals surface area contributed by atoms with Crippen molar-refractivity contribution in [3.63, 3.8) is 0 Å². The van der Waals surface area contributed by atoms with Gasteiger partial charge in [-0.15, -0.1) is 0 Å². The molecular formula is C49H74O7Si3. The summed E-state index contributed by atoms with van der Waals surface area (Å²) in [6.07, 6.45) is 9.68. The number of carbonyl (C=O) groups excluding carboxylic acids is 1. The Labute approximate surface area is 359 Å². The van der Waals surface area contributed by atoms with Crippen LogP contribution in [0.25, 0.3) is 6.08 Å². The van der Waals surface area contributed by atoms with Crippen LogP contribution in [-0.2, 0) is 18.6 Å². The molecule has 3 aromatic rings. The van der Waals surface area contributed by atoms with Gasteiger partial charge in [0.1, 0.15) is 11.9 Å². The second-order valence-corrected chi connectivity index (χ2v) is 34.6. The topological polar surface area (TPSA) is 83.5 Å². The molecule has 1 N–H and O–H groups in total. The van der Waals surface area contributed by atoms with Crippen LogP contribution < -0.4 is 15.1 Å². The third kappa shape index (κ3) is 13.0. The van der Waals surface area contributed by atoms with Crippen LogP contribution in [0.3, 0.4) is 0 Å². The van der Waals surface area contributed by atoms with Crippen LogP contribution in [0.5, 0.6) is 5.75 Å². The molecule has 0 saturated carbocycles. The van der Waals surface area contributed by atoms with Gasteiger partial charge in [-0.1, -0.05) is 146 Å². The molecule has 4 atom stereocenters. The van der Waals surface area contributed by atoms with Crippen molar-refractivity contribution in [3.8, 4) is 5.75 Å². The predicted molar refractivity (Wildman–Crippen MR) is 253 cm³/mol. The molecule has 0 radical (unpaired) electrons. The standard InChI is InChI=1S/C49H74O7Si3/c1-37(36-48(5,6)59(51,40-25-17-15-18-26-40)41-27-19-16-20-28-41)23-21-30-44(56-58(13,14)47(2,3)4)45-43(54-49(7,8)55-45)29-22-24-38-35-39(52-9)31-32-42(38)46(50)53-33-34-57(10,11)12/h15-22,24-28,30-32,35,37,43-45,51H,23,29,33-34,36H2,1-14H3/b24-22+,30-21-/t37-,43-,44?,45-/m0/s1. The number of allylic oxidation sites excluding steroid dienone is 1. The zero-order chi connectivity index (χ0) is 43.9. The van der Waals surface area contributed by atoms with Crippen LogP contribution >= 0.6 is 0 Å². The Morgan fingerprint density at radius 1 is 0.881 bits per heavy atom. The van der Waals surface area contributed by atoms with E-state index in [9.17, 15) is 9.59 Å². The first-order valence-electron chi connectivity index (χ1n) is 21.4. The summed E-state index contributed by atoms with van der Waals surface area (Å²) in [7, 11) is -5.13. The number of hydrogen-bond acceptors (Lipinski definition) is 7. The number of rotatable bonds is 19. The molecule has 0 aromatic heterocycles. The van der Waals surface area contributed by atoms with Gasteiger partial charge in [0.15, 0.2) is 14.1 Å². The Kier molecular flexibility index (Phi) is 16.2. The van der Waals surface area contributed by atoms with Crippen LogP contribution in [0.4, 0.5) is 0 Å². The molecule has 59 heavy (non-hydrogen) atoms. The van der Waals surface area contributed by atoms with Crippen LogP contribution in [0.15, 0.2) is 97.1 Å². The Morgan fingerprint density at radius 3 is 2.02 bits per heavy atom. The van der Waals surface area contributed by atoms with Gasteiger partial charge >= 0.3 is 5.97 Å². The summed E-state index contributed by atoms with van der Waals surface area (Å²) in [5.74, 6) is -0.186. The van der Waals surface area contributed by atoms with Crippen LogP contribution in [0.2, 0.25) is 48.9 Å². The Bertz CT molecular complexity index is 1820. The van der Waals surface area contributed by atoms with Gasteiger partial charge in [0.05, 0.1) is 31.5 Å². The molecule has 1 unspecified atom stereocenters. The van der Waals surface area contributed by atoms with E-state index in [1.807, 2.05) is 62.4 Å². The molecule has 0 aliphatic carbocycles. The van der Waals surface area contributed by atoms with Gasteiger partial charge in [0, 0.05) is 8.07 Å². The normalized spacial score (nSPS) is 19.0. The molecule has 10 heteroatoms. The lowest BCUT2D eigenvalue weighted by molar-refractivity contribution is -0.151. The lowest BCUT2D eigenvalue weighted by Crippen LogP contribution is -2.65. The number of benzene rings is 3. The highest BCUT2D eigenvalue weighted by molar-refractivity contribution is 6.98. The average molecular weight is 859 g/mol. The van der Waals surface area contributed by atoms with Gasteiger partial charge < -0.3 is 28.2 Å². The van der Waals surface area contributed by atoms with E-state index < -0.39 is 30.5 Å². The minimum Gasteiger partial charge on any atom is -0.497 e. The second kappa shape index (κ2) is 19.7. The van der Waals surface area contributed by atoms with Crippen molar-refractivity contribution in [2.24, 2.45) is 5.92 Å². The van der Waals surface area contributed by atoms with E-state index in [4.69, 9.17) is 23.4 Å². The lowest BCUT2D eigenvalue weighted by Gasteiger charge is -2.42. The Hall–Kier alpha value is -3.10. The molecular weight excluding hydrogens is 785 g/mol. The van der Waals surface area contributed by atoms with Crippen molar-refractivity contribution in [1.29, 1.82) is 0 Å². The molecule has 1 saturated heterocycles. The predicted octanol–water partition coefficient (Wildman–Crippen LogP) is 11.0. The molecule has 324 valence electrons. The summed E-state index contributed by atoms with van der Waals surface area (Å²) in [6, 6.07) is 26.9. The molecule has 0 spiro atoms. The van der Waals surface area contributed by atoms with Gasteiger partial charge in [-0.3, -0.25) is 0 Å². The maximum absolute atomic E-state index is 13.3. The minimum absolute atomic E-state index is 0.0167. The van der Waals surface area contributed by atoms with Gasteiger partial charge in [0.2, 0.25) is 0 Å². The van der Waals surface area contributed by atoms with Crippen LogP contribution in [0, 0.1) is 5.92 Å². The molecule has 7 nitrogen and oxygen atoms in total. The van der Waals surface area contributed by atoms with Crippen molar-refractivity contribution in [3.05, 3.63) is 108 Å². The third-order valence-electron chi connectivity index (χ3n) is 12.1. The van der Waals surface area contributed by atoms with E-state index >= 15 is 0 Å². The van der Waals surface area contributed by atoms with Crippen LogP contribution in [-0.4, -0.2) is 73.3 Å². The largest absolute Gasteiger partial charge is 0.497 e. The highest BCUT2D eigenvalue weighted by atomic mass is 28.4. The Morgan fingerprint density at radius 2 is 1.47 bits per heavy atom. The minimum atomic E-state index is -3.14. The zero-order valence-corrected chi connectivity index (χ0v) is 41.6. The third-order valence-corrected chi connectivity index (χ3v) is 22.8. The maximum Gasteiger partial charge on any atom is 0.338 e. The quantitative estimate of drug-likeness (QED) is 0.0730. The highest BCUT2D eigenvalue weighted by Crippen LogP contribution is 2.43. The van der Waals surface area contributed by atoms with Gasteiger partial charge in [-0.05, 0) is 102 Å². The monoisotopic (exact) mass is 858 g/mol. The summed E-state index contributed by atoms with van der Waals surface area (Å²) in [5, 5.41) is 1.69. The fourth-order valence-electron chi connectivity index (χ4n) is 7.76. The van der Waals surface area contributed by atoms with E-state index in [0.29, 0.717) is 24.3 Å². The van der Waals surface area contributed by atoms with Crippen molar-refractivity contribution in [2.75, 3.05) is 13.7 Å². The van der Waals surface area contributed by atoms with E-state index in [2.05, 4.69) is 117 Å². The van der Waals surface area contributed by atoms with Crippen molar-refractivity contribution < 1.29 is 33.0 Å². The van der Waals surface area contributed by atoms with E-state index in [-0.39, 0.29) is 40.3 Å². The molecule has 0 amide bonds.